The molecule has 2 atom stereocenters. The van der Waals surface area contributed by atoms with Gasteiger partial charge >= 0.3 is 11.9 Å². The molecule has 0 saturated carbocycles. The highest BCUT2D eigenvalue weighted by atomic mass is 16.5. The van der Waals surface area contributed by atoms with E-state index in [0.29, 0.717) is 24.9 Å². The maximum Gasteiger partial charge on any atom is 0.397 e. The predicted molar refractivity (Wildman–Crippen MR) is 56.2 cm³/mol. The van der Waals surface area contributed by atoms with Crippen LogP contribution in [0.4, 0.5) is 0 Å². The van der Waals surface area contributed by atoms with Crippen LogP contribution < -0.4 is 0 Å². The van der Waals surface area contributed by atoms with Crippen LogP contribution in [-0.2, 0) is 14.3 Å². The largest absolute Gasteiger partial charge is 0.459 e. The van der Waals surface area contributed by atoms with E-state index < -0.39 is 11.9 Å². The number of hydrogen-bond donors (Lipinski definition) is 0. The number of rotatable bonds is 1. The lowest BCUT2D eigenvalue weighted by atomic mass is 9.92. The number of amides is 1. The lowest BCUT2D eigenvalue weighted by Crippen LogP contribution is -2.46. The van der Waals surface area contributed by atoms with E-state index in [-0.39, 0.29) is 6.61 Å². The molecule has 0 spiro atoms. The summed E-state index contributed by atoms with van der Waals surface area (Å²) >= 11 is 0. The van der Waals surface area contributed by atoms with E-state index in [0.717, 1.165) is 6.42 Å². The van der Waals surface area contributed by atoms with Crippen LogP contribution in [0, 0.1) is 11.8 Å². The number of carbonyl (C=O) groups is 2. The average molecular weight is 213 g/mol. The average Bonchev–Trinajstić information content (AvgIpc) is 2.15. The summed E-state index contributed by atoms with van der Waals surface area (Å²) in [7, 11) is 0. The minimum absolute atomic E-state index is 0.253. The molecule has 0 aliphatic carbocycles. The Morgan fingerprint density at radius 2 is 1.80 bits per heavy atom. The van der Waals surface area contributed by atoms with Gasteiger partial charge in [0.15, 0.2) is 0 Å². The van der Waals surface area contributed by atoms with E-state index >= 15 is 0 Å². The topological polar surface area (TPSA) is 46.6 Å². The van der Waals surface area contributed by atoms with Crippen LogP contribution in [0.2, 0.25) is 0 Å². The Bertz CT molecular complexity index is 242. The van der Waals surface area contributed by atoms with Crippen molar-refractivity contribution in [2.75, 3.05) is 19.7 Å². The van der Waals surface area contributed by atoms with E-state index in [1.807, 2.05) is 0 Å². The molecule has 1 amide bonds. The molecule has 0 radical (unpaired) electrons. The Morgan fingerprint density at radius 1 is 1.27 bits per heavy atom. The third-order valence-corrected chi connectivity index (χ3v) is 2.61. The molecule has 1 aliphatic rings. The van der Waals surface area contributed by atoms with Gasteiger partial charge in [0, 0.05) is 13.1 Å². The minimum Gasteiger partial charge on any atom is -0.459 e. The standard InChI is InChI=1S/C11H19NO3/c1-4-15-11(14)10(13)12-6-8(2)5-9(3)7-12/h8-9H,4-7H2,1-3H3. The zero-order valence-corrected chi connectivity index (χ0v) is 9.66. The Hall–Kier alpha value is -1.06. The van der Waals surface area contributed by atoms with Crippen molar-refractivity contribution >= 4 is 11.9 Å². The number of likely N-dealkylation sites (tertiary alicyclic amines) is 1. The van der Waals surface area contributed by atoms with Gasteiger partial charge in [0.25, 0.3) is 0 Å². The summed E-state index contributed by atoms with van der Waals surface area (Å²) in [6.07, 6.45) is 1.12. The third kappa shape index (κ3) is 3.22. The first-order valence-electron chi connectivity index (χ1n) is 5.50. The van der Waals surface area contributed by atoms with Crippen molar-refractivity contribution in [1.29, 1.82) is 0 Å². The fraction of sp³-hybridized carbons (Fsp3) is 0.818. The minimum atomic E-state index is -0.723. The molecule has 0 bridgehead atoms. The van der Waals surface area contributed by atoms with E-state index in [9.17, 15) is 9.59 Å². The van der Waals surface area contributed by atoms with Crippen molar-refractivity contribution in [3.63, 3.8) is 0 Å². The van der Waals surface area contributed by atoms with Gasteiger partial charge in [0.05, 0.1) is 6.61 Å². The number of piperidine rings is 1. The molecule has 0 aromatic heterocycles. The number of nitrogens with zero attached hydrogens (tertiary/aromatic N) is 1. The van der Waals surface area contributed by atoms with Gasteiger partial charge in [0.2, 0.25) is 0 Å². The molecule has 0 aromatic rings. The molecule has 1 aliphatic heterocycles. The molecule has 0 N–H and O–H groups in total. The van der Waals surface area contributed by atoms with Crippen molar-refractivity contribution in [2.24, 2.45) is 11.8 Å². The zero-order chi connectivity index (χ0) is 11.4. The predicted octanol–water partition coefficient (Wildman–Crippen LogP) is 1.05. The van der Waals surface area contributed by atoms with Gasteiger partial charge in [-0.05, 0) is 25.2 Å². The van der Waals surface area contributed by atoms with Crippen LogP contribution in [0.25, 0.3) is 0 Å². The second kappa shape index (κ2) is 5.14. The molecule has 1 heterocycles. The van der Waals surface area contributed by atoms with Crippen LogP contribution in [0.5, 0.6) is 0 Å². The lowest BCUT2D eigenvalue weighted by Gasteiger charge is -2.34. The summed E-state index contributed by atoms with van der Waals surface area (Å²) in [6.45, 7) is 7.49. The van der Waals surface area contributed by atoms with Crippen molar-refractivity contribution in [2.45, 2.75) is 27.2 Å². The normalized spacial score (nSPS) is 26.2. The quantitative estimate of drug-likeness (QED) is 0.483. The third-order valence-electron chi connectivity index (χ3n) is 2.61. The van der Waals surface area contributed by atoms with Gasteiger partial charge in [-0.1, -0.05) is 13.8 Å². The van der Waals surface area contributed by atoms with Crippen LogP contribution >= 0.6 is 0 Å². The number of carbonyl (C=O) groups excluding carboxylic acids is 2. The molecule has 1 fully saturated rings. The summed E-state index contributed by atoms with van der Waals surface area (Å²) in [4.78, 5) is 24.5. The van der Waals surface area contributed by atoms with E-state index in [2.05, 4.69) is 13.8 Å². The fourth-order valence-electron chi connectivity index (χ4n) is 2.15. The molecule has 15 heavy (non-hydrogen) atoms. The van der Waals surface area contributed by atoms with Gasteiger partial charge < -0.3 is 9.64 Å². The maximum absolute atomic E-state index is 11.6. The summed E-state index contributed by atoms with van der Waals surface area (Å²) in [5, 5.41) is 0. The summed E-state index contributed by atoms with van der Waals surface area (Å²) in [6, 6.07) is 0. The van der Waals surface area contributed by atoms with Gasteiger partial charge in [-0.2, -0.15) is 0 Å². The van der Waals surface area contributed by atoms with E-state index in [1.54, 1.807) is 11.8 Å². The van der Waals surface area contributed by atoms with E-state index in [1.165, 1.54) is 0 Å². The highest BCUT2D eigenvalue weighted by molar-refractivity contribution is 6.32. The zero-order valence-electron chi connectivity index (χ0n) is 9.66. The van der Waals surface area contributed by atoms with Gasteiger partial charge in [-0.15, -0.1) is 0 Å². The SMILES string of the molecule is CCOC(=O)C(=O)N1CC(C)CC(C)C1. The molecule has 1 saturated heterocycles. The summed E-state index contributed by atoms with van der Waals surface area (Å²) in [5.74, 6) is -0.284. The number of hydrogen-bond acceptors (Lipinski definition) is 3. The summed E-state index contributed by atoms with van der Waals surface area (Å²) in [5.41, 5.74) is 0. The monoisotopic (exact) mass is 213 g/mol. The molecule has 2 unspecified atom stereocenters. The highest BCUT2D eigenvalue weighted by Gasteiger charge is 2.29. The Kier molecular flexibility index (Phi) is 4.12. The van der Waals surface area contributed by atoms with Crippen LogP contribution in [0.15, 0.2) is 0 Å². The van der Waals surface area contributed by atoms with E-state index in [4.69, 9.17) is 4.74 Å². The van der Waals surface area contributed by atoms with Gasteiger partial charge in [-0.3, -0.25) is 4.79 Å². The first kappa shape index (κ1) is 12.0. The number of ether oxygens (including phenoxy) is 1. The first-order valence-corrected chi connectivity index (χ1v) is 5.50. The van der Waals surface area contributed by atoms with Crippen molar-refractivity contribution in [3.05, 3.63) is 0 Å². The molecular weight excluding hydrogens is 194 g/mol. The maximum atomic E-state index is 11.6. The molecule has 0 aromatic carbocycles. The van der Waals surface area contributed by atoms with Gasteiger partial charge in [0.1, 0.15) is 0 Å². The smallest absolute Gasteiger partial charge is 0.397 e. The second-order valence-corrected chi connectivity index (χ2v) is 4.38. The molecule has 4 heteroatoms. The molecular formula is C11H19NO3. The van der Waals surface area contributed by atoms with Crippen molar-refractivity contribution < 1.29 is 14.3 Å². The fourth-order valence-corrected chi connectivity index (χ4v) is 2.15. The molecule has 1 rings (SSSR count). The lowest BCUT2D eigenvalue weighted by molar-refractivity contribution is -0.161. The number of esters is 1. The van der Waals surface area contributed by atoms with Crippen LogP contribution in [-0.4, -0.2) is 36.5 Å². The molecule has 86 valence electrons. The summed E-state index contributed by atoms with van der Waals surface area (Å²) < 4.78 is 4.70. The Balaban J connectivity index is 2.55. The van der Waals surface area contributed by atoms with Crippen LogP contribution in [0.1, 0.15) is 27.2 Å². The highest BCUT2D eigenvalue weighted by Crippen LogP contribution is 2.20. The Labute approximate surface area is 90.6 Å². The Morgan fingerprint density at radius 3 is 2.27 bits per heavy atom. The van der Waals surface area contributed by atoms with Crippen molar-refractivity contribution in [3.8, 4) is 0 Å². The first-order chi connectivity index (χ1) is 7.04. The van der Waals surface area contributed by atoms with Gasteiger partial charge in [-0.25, -0.2) is 4.79 Å². The molecule has 4 nitrogen and oxygen atoms in total. The second-order valence-electron chi connectivity index (χ2n) is 4.38. The van der Waals surface area contributed by atoms with Crippen molar-refractivity contribution in [1.82, 2.24) is 4.90 Å². The van der Waals surface area contributed by atoms with Crippen LogP contribution in [0.3, 0.4) is 0 Å².